The molecule has 0 amide bonds. The van der Waals surface area contributed by atoms with Gasteiger partial charge in [-0.1, -0.05) is 121 Å². The van der Waals surface area contributed by atoms with Gasteiger partial charge in [-0.15, -0.1) is 0 Å². The second-order valence-corrected chi connectivity index (χ2v) is 11.0. The minimum absolute atomic E-state index is 0.459. The van der Waals surface area contributed by atoms with Crippen LogP contribution in [0.5, 0.6) is 0 Å². The van der Waals surface area contributed by atoms with Crippen molar-refractivity contribution in [3.05, 3.63) is 192 Å². The Hall–Kier alpha value is -5.60. The van der Waals surface area contributed by atoms with Gasteiger partial charge in [-0.3, -0.25) is 9.97 Å². The molecule has 0 spiro atoms. The van der Waals surface area contributed by atoms with Crippen LogP contribution in [0.25, 0.3) is 44.8 Å². The summed E-state index contributed by atoms with van der Waals surface area (Å²) in [6.45, 7) is 0. The molecule has 0 saturated carbocycles. The number of benzene rings is 5. The fourth-order valence-corrected chi connectivity index (χ4v) is 6.81. The zero-order chi connectivity index (χ0) is 28.6. The van der Waals surface area contributed by atoms with E-state index < -0.39 is 5.41 Å². The number of pyridine rings is 2. The average molecular weight is 549 g/mol. The number of hydrogen-bond donors (Lipinski definition) is 0. The maximum absolute atomic E-state index is 4.86. The molecule has 2 nitrogen and oxygen atoms in total. The summed E-state index contributed by atoms with van der Waals surface area (Å²) >= 11 is 0. The lowest BCUT2D eigenvalue weighted by Gasteiger charge is -2.34. The molecule has 0 saturated heterocycles. The van der Waals surface area contributed by atoms with Crippen LogP contribution in [0.3, 0.4) is 0 Å². The molecule has 8 rings (SSSR count). The highest BCUT2D eigenvalue weighted by Crippen LogP contribution is 2.57. The van der Waals surface area contributed by atoms with Crippen molar-refractivity contribution in [2.24, 2.45) is 0 Å². The van der Waals surface area contributed by atoms with Crippen molar-refractivity contribution in [1.29, 1.82) is 0 Å². The highest BCUT2D eigenvalue weighted by Gasteiger charge is 2.46. The van der Waals surface area contributed by atoms with Crippen LogP contribution >= 0.6 is 0 Å². The summed E-state index contributed by atoms with van der Waals surface area (Å²) in [6.07, 6.45) is 3.72. The van der Waals surface area contributed by atoms with Crippen LogP contribution in [-0.2, 0) is 5.41 Å². The smallest absolute Gasteiger partial charge is 0.0713 e. The Bertz CT molecular complexity index is 1990. The normalized spacial score (nSPS) is 12.8. The van der Waals surface area contributed by atoms with Gasteiger partial charge in [0, 0.05) is 23.5 Å². The van der Waals surface area contributed by atoms with Crippen molar-refractivity contribution in [3.8, 4) is 44.8 Å². The Balaban J connectivity index is 1.43. The molecule has 0 N–H and O–H groups in total. The Morgan fingerprint density at radius 2 is 0.907 bits per heavy atom. The van der Waals surface area contributed by atoms with E-state index in [0.717, 1.165) is 33.6 Å². The van der Waals surface area contributed by atoms with Crippen molar-refractivity contribution >= 4 is 0 Å². The molecule has 0 atom stereocenters. The largest absolute Gasteiger partial charge is 0.256 e. The predicted molar refractivity (Wildman–Crippen MR) is 176 cm³/mol. The summed E-state index contributed by atoms with van der Waals surface area (Å²) in [5.74, 6) is 0. The average Bonchev–Trinajstić information content (AvgIpc) is 3.39. The van der Waals surface area contributed by atoms with E-state index in [1.807, 2.05) is 36.7 Å². The highest BCUT2D eigenvalue weighted by atomic mass is 14.7. The standard InChI is InChI=1S/C41H28N2/c1-3-13-31(14-4-1)41(32-15-5-2-6-16-32)37-18-8-7-17-33(37)35-27-34(36(28-38(35)41)40-20-10-12-26-43-40)29-21-23-30(24-22-29)39-19-9-11-25-42-39/h1-28H. The van der Waals surface area contributed by atoms with Crippen molar-refractivity contribution in [2.45, 2.75) is 5.41 Å². The summed E-state index contributed by atoms with van der Waals surface area (Å²) in [5.41, 5.74) is 13.6. The second-order valence-electron chi connectivity index (χ2n) is 11.0. The molecule has 0 unspecified atom stereocenters. The van der Waals surface area contributed by atoms with Gasteiger partial charge in [-0.25, -0.2) is 0 Å². The topological polar surface area (TPSA) is 25.8 Å². The third-order valence-electron chi connectivity index (χ3n) is 8.69. The molecule has 202 valence electrons. The summed E-state index contributed by atoms with van der Waals surface area (Å²) in [5, 5.41) is 0. The van der Waals surface area contributed by atoms with Gasteiger partial charge in [-0.2, -0.15) is 0 Å². The lowest BCUT2D eigenvalue weighted by atomic mass is 9.67. The van der Waals surface area contributed by atoms with Gasteiger partial charge in [-0.05, 0) is 80.9 Å². The van der Waals surface area contributed by atoms with Crippen LogP contribution < -0.4 is 0 Å². The van der Waals surface area contributed by atoms with Gasteiger partial charge >= 0.3 is 0 Å². The van der Waals surface area contributed by atoms with Gasteiger partial charge in [0.25, 0.3) is 0 Å². The second kappa shape index (κ2) is 10.3. The third-order valence-corrected chi connectivity index (χ3v) is 8.69. The Morgan fingerprint density at radius 1 is 0.349 bits per heavy atom. The van der Waals surface area contributed by atoms with E-state index in [1.165, 1.54) is 33.4 Å². The van der Waals surface area contributed by atoms with Crippen LogP contribution in [0.15, 0.2) is 170 Å². The summed E-state index contributed by atoms with van der Waals surface area (Å²) < 4.78 is 0. The van der Waals surface area contributed by atoms with Crippen LogP contribution in [-0.4, -0.2) is 9.97 Å². The van der Waals surface area contributed by atoms with Crippen LogP contribution in [0, 0.1) is 0 Å². The fourth-order valence-electron chi connectivity index (χ4n) is 6.81. The van der Waals surface area contributed by atoms with Crippen LogP contribution in [0.4, 0.5) is 0 Å². The van der Waals surface area contributed by atoms with Gasteiger partial charge in [0.1, 0.15) is 0 Å². The number of rotatable bonds is 5. The van der Waals surface area contributed by atoms with E-state index in [2.05, 4.69) is 138 Å². The Kier molecular flexibility index (Phi) is 6.05. The van der Waals surface area contributed by atoms with Gasteiger partial charge in [0.15, 0.2) is 0 Å². The van der Waals surface area contributed by atoms with Crippen molar-refractivity contribution in [3.63, 3.8) is 0 Å². The predicted octanol–water partition coefficient (Wildman–Crippen LogP) is 9.84. The molecule has 43 heavy (non-hydrogen) atoms. The molecule has 0 fully saturated rings. The molecular formula is C41H28N2. The lowest BCUT2D eigenvalue weighted by Crippen LogP contribution is -2.28. The maximum Gasteiger partial charge on any atom is 0.0713 e. The first-order valence-electron chi connectivity index (χ1n) is 14.7. The Morgan fingerprint density at radius 3 is 1.53 bits per heavy atom. The highest BCUT2D eigenvalue weighted by molar-refractivity contribution is 5.94. The third kappa shape index (κ3) is 4.03. The number of fused-ring (bicyclic) bond motifs is 3. The monoisotopic (exact) mass is 548 g/mol. The molecule has 0 bridgehead atoms. The minimum Gasteiger partial charge on any atom is -0.256 e. The molecule has 2 aromatic heterocycles. The lowest BCUT2D eigenvalue weighted by molar-refractivity contribution is 0.769. The van der Waals surface area contributed by atoms with E-state index >= 15 is 0 Å². The first kappa shape index (κ1) is 25.1. The molecule has 5 aromatic carbocycles. The first-order valence-corrected chi connectivity index (χ1v) is 14.7. The first-order chi connectivity index (χ1) is 21.3. The van der Waals surface area contributed by atoms with Gasteiger partial charge in [0.05, 0.1) is 16.8 Å². The van der Waals surface area contributed by atoms with Crippen LogP contribution in [0.2, 0.25) is 0 Å². The molecule has 0 radical (unpaired) electrons. The number of aromatic nitrogens is 2. The molecule has 7 aromatic rings. The molecule has 2 heteroatoms. The summed E-state index contributed by atoms with van der Waals surface area (Å²) in [4.78, 5) is 9.41. The molecule has 2 heterocycles. The van der Waals surface area contributed by atoms with Crippen molar-refractivity contribution < 1.29 is 0 Å². The SMILES string of the molecule is c1ccc(C2(c3ccccc3)c3ccccc3-c3cc(-c4ccc(-c5ccccn5)cc4)c(-c4ccccn4)cc32)cc1. The number of hydrogen-bond acceptors (Lipinski definition) is 2. The number of nitrogens with zero attached hydrogens (tertiary/aromatic N) is 2. The zero-order valence-electron chi connectivity index (χ0n) is 23.6. The summed E-state index contributed by atoms with van der Waals surface area (Å²) in [7, 11) is 0. The molecular weight excluding hydrogens is 520 g/mol. The molecule has 1 aliphatic rings. The quantitative estimate of drug-likeness (QED) is 0.214. The van der Waals surface area contributed by atoms with E-state index in [9.17, 15) is 0 Å². The van der Waals surface area contributed by atoms with E-state index in [4.69, 9.17) is 4.98 Å². The van der Waals surface area contributed by atoms with Gasteiger partial charge < -0.3 is 0 Å². The molecule has 0 aliphatic heterocycles. The molecule has 1 aliphatic carbocycles. The van der Waals surface area contributed by atoms with E-state index in [0.29, 0.717) is 0 Å². The fraction of sp³-hybridized carbons (Fsp3) is 0.0244. The van der Waals surface area contributed by atoms with Crippen molar-refractivity contribution in [1.82, 2.24) is 9.97 Å². The van der Waals surface area contributed by atoms with Gasteiger partial charge in [0.2, 0.25) is 0 Å². The van der Waals surface area contributed by atoms with Crippen molar-refractivity contribution in [2.75, 3.05) is 0 Å². The zero-order valence-corrected chi connectivity index (χ0v) is 23.6. The van der Waals surface area contributed by atoms with E-state index in [-0.39, 0.29) is 0 Å². The maximum atomic E-state index is 4.86. The summed E-state index contributed by atoms with van der Waals surface area (Å²) in [6, 6.07) is 56.5. The Labute approximate surface area is 252 Å². The van der Waals surface area contributed by atoms with Crippen LogP contribution in [0.1, 0.15) is 22.3 Å². The minimum atomic E-state index is -0.459. The van der Waals surface area contributed by atoms with E-state index in [1.54, 1.807) is 0 Å².